The zero-order chi connectivity index (χ0) is 17.5. The maximum Gasteiger partial charge on any atom is 0.0331 e. The Balaban J connectivity index is 1.97. The maximum absolute atomic E-state index is 3.71. The van der Waals surface area contributed by atoms with Crippen molar-refractivity contribution in [3.05, 3.63) is 107 Å². The molecule has 0 heterocycles. The summed E-state index contributed by atoms with van der Waals surface area (Å²) in [5, 5.41) is 3.71. The van der Waals surface area contributed by atoms with Gasteiger partial charge in [-0.1, -0.05) is 91.9 Å². The third-order valence-corrected chi connectivity index (χ3v) is 4.89. The van der Waals surface area contributed by atoms with Crippen molar-refractivity contribution >= 4 is 0 Å². The Morgan fingerprint density at radius 2 is 1.24 bits per heavy atom. The van der Waals surface area contributed by atoms with Gasteiger partial charge in [-0.05, 0) is 42.1 Å². The topological polar surface area (TPSA) is 12.0 Å². The van der Waals surface area contributed by atoms with Gasteiger partial charge in [0.25, 0.3) is 0 Å². The molecule has 0 aliphatic rings. The highest BCUT2D eigenvalue weighted by atomic mass is 14.9. The average molecular weight is 329 g/mol. The minimum Gasteiger partial charge on any atom is -0.310 e. The van der Waals surface area contributed by atoms with Crippen LogP contribution in [0.25, 0.3) is 0 Å². The standard InChI is InChI=1S/C24H27N/c1-3-25-24(22-17-11-10-12-19(22)2)18-23(20-13-6-4-7-14-20)21-15-8-5-9-16-21/h4-17,23-25H,3,18H2,1-2H3. The molecule has 128 valence electrons. The summed E-state index contributed by atoms with van der Waals surface area (Å²) >= 11 is 0. The summed E-state index contributed by atoms with van der Waals surface area (Å²) in [6.45, 7) is 5.36. The number of hydrogen-bond donors (Lipinski definition) is 1. The molecule has 3 aromatic rings. The Morgan fingerprint density at radius 1 is 0.720 bits per heavy atom. The van der Waals surface area contributed by atoms with Crippen LogP contribution in [0.5, 0.6) is 0 Å². The van der Waals surface area contributed by atoms with Gasteiger partial charge in [0, 0.05) is 12.0 Å². The molecular formula is C24H27N. The van der Waals surface area contributed by atoms with Crippen molar-refractivity contribution < 1.29 is 0 Å². The van der Waals surface area contributed by atoms with E-state index in [9.17, 15) is 0 Å². The third kappa shape index (κ3) is 4.37. The number of rotatable bonds is 7. The number of nitrogens with one attached hydrogen (secondary N) is 1. The van der Waals surface area contributed by atoms with Crippen LogP contribution in [-0.4, -0.2) is 6.54 Å². The molecular weight excluding hydrogens is 302 g/mol. The second-order valence-electron chi connectivity index (χ2n) is 6.58. The zero-order valence-electron chi connectivity index (χ0n) is 15.2. The minimum absolute atomic E-state index is 0.344. The van der Waals surface area contributed by atoms with E-state index in [-0.39, 0.29) is 0 Å². The largest absolute Gasteiger partial charge is 0.310 e. The lowest BCUT2D eigenvalue weighted by atomic mass is 9.83. The van der Waals surface area contributed by atoms with Gasteiger partial charge in [0.1, 0.15) is 0 Å². The third-order valence-electron chi connectivity index (χ3n) is 4.89. The van der Waals surface area contributed by atoms with E-state index in [1.165, 1.54) is 22.3 Å². The first-order valence-electron chi connectivity index (χ1n) is 9.18. The smallest absolute Gasteiger partial charge is 0.0331 e. The SMILES string of the molecule is CCNC(CC(c1ccccc1)c1ccccc1)c1ccccc1C. The van der Waals surface area contributed by atoms with Gasteiger partial charge >= 0.3 is 0 Å². The molecule has 0 aliphatic heterocycles. The fourth-order valence-corrected chi connectivity index (χ4v) is 3.62. The molecule has 1 nitrogen and oxygen atoms in total. The number of aryl methyl sites for hydroxylation is 1. The molecule has 1 N–H and O–H groups in total. The lowest BCUT2D eigenvalue weighted by molar-refractivity contribution is 0.487. The highest BCUT2D eigenvalue weighted by molar-refractivity contribution is 5.35. The van der Waals surface area contributed by atoms with Crippen LogP contribution in [0.2, 0.25) is 0 Å². The molecule has 25 heavy (non-hydrogen) atoms. The van der Waals surface area contributed by atoms with E-state index in [1.54, 1.807) is 0 Å². The Bertz CT molecular complexity index is 725. The van der Waals surface area contributed by atoms with Crippen LogP contribution >= 0.6 is 0 Å². The van der Waals surface area contributed by atoms with Crippen molar-refractivity contribution in [2.45, 2.75) is 32.2 Å². The summed E-state index contributed by atoms with van der Waals surface area (Å²) in [6.07, 6.45) is 1.05. The van der Waals surface area contributed by atoms with Gasteiger partial charge in [-0.25, -0.2) is 0 Å². The maximum atomic E-state index is 3.71. The lowest BCUT2D eigenvalue weighted by Crippen LogP contribution is -2.24. The molecule has 0 saturated carbocycles. The normalized spacial score (nSPS) is 12.3. The second kappa shape index (κ2) is 8.64. The van der Waals surface area contributed by atoms with Gasteiger partial charge in [-0.2, -0.15) is 0 Å². The monoisotopic (exact) mass is 329 g/mol. The molecule has 1 atom stereocenters. The summed E-state index contributed by atoms with van der Waals surface area (Å²) in [7, 11) is 0. The van der Waals surface area contributed by atoms with Crippen LogP contribution in [0.3, 0.4) is 0 Å². The average Bonchev–Trinajstić information content (AvgIpc) is 2.67. The van der Waals surface area contributed by atoms with Crippen molar-refractivity contribution in [2.24, 2.45) is 0 Å². The van der Waals surface area contributed by atoms with Gasteiger partial charge in [0.2, 0.25) is 0 Å². The predicted octanol–water partition coefficient (Wildman–Crippen LogP) is 5.87. The summed E-state index contributed by atoms with van der Waals surface area (Å²) in [4.78, 5) is 0. The van der Waals surface area contributed by atoms with E-state index in [2.05, 4.69) is 104 Å². The molecule has 0 spiro atoms. The quantitative estimate of drug-likeness (QED) is 0.572. The van der Waals surface area contributed by atoms with Crippen molar-refractivity contribution in [1.29, 1.82) is 0 Å². The first-order valence-corrected chi connectivity index (χ1v) is 9.18. The van der Waals surface area contributed by atoms with Crippen LogP contribution in [0.15, 0.2) is 84.9 Å². The van der Waals surface area contributed by atoms with E-state index in [1.807, 2.05) is 0 Å². The van der Waals surface area contributed by atoms with Crippen molar-refractivity contribution in [3.8, 4) is 0 Å². The first kappa shape index (κ1) is 17.4. The predicted molar refractivity (Wildman–Crippen MR) is 107 cm³/mol. The van der Waals surface area contributed by atoms with Gasteiger partial charge in [-0.15, -0.1) is 0 Å². The molecule has 0 aliphatic carbocycles. The Hall–Kier alpha value is -2.38. The Labute approximate surface area is 151 Å². The van der Waals surface area contributed by atoms with E-state index in [0.29, 0.717) is 12.0 Å². The van der Waals surface area contributed by atoms with Gasteiger partial charge in [0.15, 0.2) is 0 Å². The summed E-state index contributed by atoms with van der Waals surface area (Å²) in [5.74, 6) is 0.381. The van der Waals surface area contributed by atoms with E-state index >= 15 is 0 Å². The highest BCUT2D eigenvalue weighted by Crippen LogP contribution is 2.34. The zero-order valence-corrected chi connectivity index (χ0v) is 15.2. The molecule has 0 saturated heterocycles. The van der Waals surface area contributed by atoms with Gasteiger partial charge < -0.3 is 5.32 Å². The molecule has 3 aromatic carbocycles. The summed E-state index contributed by atoms with van der Waals surface area (Å²) < 4.78 is 0. The fraction of sp³-hybridized carbons (Fsp3) is 0.250. The summed E-state index contributed by atoms with van der Waals surface area (Å²) in [5.41, 5.74) is 5.52. The second-order valence-corrected chi connectivity index (χ2v) is 6.58. The van der Waals surface area contributed by atoms with E-state index in [4.69, 9.17) is 0 Å². The van der Waals surface area contributed by atoms with E-state index in [0.717, 1.165) is 13.0 Å². The first-order chi connectivity index (χ1) is 12.3. The Kier molecular flexibility index (Phi) is 6.03. The molecule has 0 fully saturated rings. The van der Waals surface area contributed by atoms with Crippen LogP contribution in [-0.2, 0) is 0 Å². The van der Waals surface area contributed by atoms with Gasteiger partial charge in [0.05, 0.1) is 0 Å². The minimum atomic E-state index is 0.344. The molecule has 3 rings (SSSR count). The van der Waals surface area contributed by atoms with Crippen LogP contribution in [0.4, 0.5) is 0 Å². The molecule has 0 aromatic heterocycles. The van der Waals surface area contributed by atoms with E-state index < -0.39 is 0 Å². The molecule has 0 amide bonds. The van der Waals surface area contributed by atoms with Crippen LogP contribution < -0.4 is 5.32 Å². The highest BCUT2D eigenvalue weighted by Gasteiger charge is 2.21. The van der Waals surface area contributed by atoms with Crippen molar-refractivity contribution in [1.82, 2.24) is 5.32 Å². The molecule has 0 bridgehead atoms. The van der Waals surface area contributed by atoms with Crippen molar-refractivity contribution in [2.75, 3.05) is 6.54 Å². The van der Waals surface area contributed by atoms with Crippen LogP contribution in [0.1, 0.15) is 47.6 Å². The number of benzene rings is 3. The van der Waals surface area contributed by atoms with Gasteiger partial charge in [-0.3, -0.25) is 0 Å². The van der Waals surface area contributed by atoms with Crippen molar-refractivity contribution in [3.63, 3.8) is 0 Å². The Morgan fingerprint density at radius 3 is 1.76 bits per heavy atom. The van der Waals surface area contributed by atoms with Crippen LogP contribution in [0, 0.1) is 6.92 Å². The summed E-state index contributed by atoms with van der Waals surface area (Å²) in [6, 6.07) is 30.8. The fourth-order valence-electron chi connectivity index (χ4n) is 3.62. The lowest BCUT2D eigenvalue weighted by Gasteiger charge is -2.26. The molecule has 1 heteroatoms. The molecule has 0 radical (unpaired) electrons. The number of hydrogen-bond acceptors (Lipinski definition) is 1. The molecule has 1 unspecified atom stereocenters.